The molecule has 0 aromatic heterocycles. The first kappa shape index (κ1) is 19.4. The van der Waals surface area contributed by atoms with Crippen molar-refractivity contribution >= 4 is 17.1 Å². The maximum absolute atomic E-state index is 11.7. The van der Waals surface area contributed by atoms with Crippen LogP contribution in [-0.4, -0.2) is 55.5 Å². The summed E-state index contributed by atoms with van der Waals surface area (Å²) in [6.07, 6.45) is 0.0245. The van der Waals surface area contributed by atoms with E-state index in [1.165, 1.54) is 6.07 Å². The van der Waals surface area contributed by atoms with Crippen LogP contribution in [-0.2, 0) is 9.47 Å². The van der Waals surface area contributed by atoms with E-state index in [2.05, 4.69) is 11.0 Å². The Bertz CT molecular complexity index is 743. The summed E-state index contributed by atoms with van der Waals surface area (Å²) in [4.78, 5) is 15.4. The number of nitrogens with zero attached hydrogens (tertiary/aromatic N) is 4. The van der Waals surface area contributed by atoms with Gasteiger partial charge in [0, 0.05) is 32.2 Å². The molecule has 8 heteroatoms. The van der Waals surface area contributed by atoms with Crippen molar-refractivity contribution in [1.29, 1.82) is 5.26 Å². The minimum Gasteiger partial charge on any atom is -0.372 e. The van der Waals surface area contributed by atoms with E-state index < -0.39 is 4.92 Å². The van der Waals surface area contributed by atoms with Gasteiger partial charge in [0.05, 0.1) is 40.6 Å². The molecular weight excluding hydrogens is 348 g/mol. The Kier molecular flexibility index (Phi) is 5.53. The number of nitro benzene ring substituents is 1. The maximum Gasteiger partial charge on any atom is 0.294 e. The first-order chi connectivity index (χ1) is 12.8. The van der Waals surface area contributed by atoms with E-state index in [0.717, 1.165) is 5.69 Å². The van der Waals surface area contributed by atoms with Crippen LogP contribution in [0.15, 0.2) is 12.1 Å². The lowest BCUT2D eigenvalue weighted by atomic mass is 10.1. The number of rotatable bonds is 3. The molecule has 4 atom stereocenters. The number of hydrogen-bond acceptors (Lipinski definition) is 7. The van der Waals surface area contributed by atoms with E-state index in [1.54, 1.807) is 6.07 Å². The quantitative estimate of drug-likeness (QED) is 0.593. The zero-order valence-corrected chi connectivity index (χ0v) is 16.2. The zero-order chi connectivity index (χ0) is 19.7. The minimum atomic E-state index is -0.407. The van der Waals surface area contributed by atoms with E-state index in [4.69, 9.17) is 9.47 Å². The van der Waals surface area contributed by atoms with Crippen molar-refractivity contribution in [2.24, 2.45) is 0 Å². The molecule has 2 aliphatic rings. The van der Waals surface area contributed by atoms with Gasteiger partial charge >= 0.3 is 0 Å². The zero-order valence-electron chi connectivity index (χ0n) is 16.2. The molecule has 8 nitrogen and oxygen atoms in total. The molecular formula is C19H26N4O4. The second-order valence-corrected chi connectivity index (χ2v) is 7.55. The summed E-state index contributed by atoms with van der Waals surface area (Å²) < 4.78 is 11.6. The average molecular weight is 374 g/mol. The third-order valence-corrected chi connectivity index (χ3v) is 4.93. The lowest BCUT2D eigenvalue weighted by Gasteiger charge is -2.39. The Morgan fingerprint density at radius 3 is 1.81 bits per heavy atom. The minimum absolute atomic E-state index is 0.0177. The smallest absolute Gasteiger partial charge is 0.294 e. The van der Waals surface area contributed by atoms with Gasteiger partial charge in [-0.3, -0.25) is 10.1 Å². The summed E-state index contributed by atoms with van der Waals surface area (Å²) >= 11 is 0. The summed E-state index contributed by atoms with van der Waals surface area (Å²) in [5, 5.41) is 21.3. The number of hydrogen-bond donors (Lipinski definition) is 0. The number of nitriles is 1. The van der Waals surface area contributed by atoms with Crippen molar-refractivity contribution in [1.82, 2.24) is 0 Å². The topological polar surface area (TPSA) is 91.9 Å². The number of ether oxygens (including phenoxy) is 2. The molecule has 0 bridgehead atoms. The highest BCUT2D eigenvalue weighted by Crippen LogP contribution is 2.37. The fourth-order valence-electron chi connectivity index (χ4n) is 4.07. The van der Waals surface area contributed by atoms with E-state index >= 15 is 0 Å². The maximum atomic E-state index is 11.7. The lowest BCUT2D eigenvalue weighted by Crippen LogP contribution is -2.47. The van der Waals surface area contributed by atoms with Gasteiger partial charge in [0.25, 0.3) is 5.69 Å². The van der Waals surface area contributed by atoms with Crippen molar-refractivity contribution in [3.63, 3.8) is 0 Å². The van der Waals surface area contributed by atoms with Crippen LogP contribution < -0.4 is 9.80 Å². The number of anilines is 2. The summed E-state index contributed by atoms with van der Waals surface area (Å²) in [5.74, 6) is 0. The highest BCUT2D eigenvalue weighted by molar-refractivity contribution is 5.76. The van der Waals surface area contributed by atoms with E-state index in [-0.39, 0.29) is 30.1 Å². The Morgan fingerprint density at radius 2 is 1.41 bits per heavy atom. The van der Waals surface area contributed by atoms with Crippen molar-refractivity contribution in [2.45, 2.75) is 52.1 Å². The Labute approximate surface area is 159 Å². The molecule has 0 saturated carbocycles. The molecule has 27 heavy (non-hydrogen) atoms. The van der Waals surface area contributed by atoms with Crippen LogP contribution in [0.5, 0.6) is 0 Å². The SMILES string of the molecule is CC1CN(c2cc(N3CC(C)OC(C)C3)c([N+](=O)[O-])cc2C#N)CC(C)O1. The molecule has 1 aromatic carbocycles. The van der Waals surface area contributed by atoms with Crippen LogP contribution in [0, 0.1) is 21.4 Å². The van der Waals surface area contributed by atoms with E-state index in [0.29, 0.717) is 37.4 Å². The van der Waals surface area contributed by atoms with Crippen LogP contribution in [0.4, 0.5) is 17.1 Å². The summed E-state index contributed by atoms with van der Waals surface area (Å²) in [6, 6.07) is 5.34. The monoisotopic (exact) mass is 374 g/mol. The largest absolute Gasteiger partial charge is 0.372 e. The fraction of sp³-hybridized carbons (Fsp3) is 0.632. The van der Waals surface area contributed by atoms with Gasteiger partial charge < -0.3 is 19.3 Å². The molecule has 2 aliphatic heterocycles. The van der Waals surface area contributed by atoms with Crippen LogP contribution in [0.2, 0.25) is 0 Å². The number of nitro groups is 1. The van der Waals surface area contributed by atoms with Crippen LogP contribution >= 0.6 is 0 Å². The number of morpholine rings is 2. The first-order valence-corrected chi connectivity index (χ1v) is 9.31. The third kappa shape index (κ3) is 4.15. The van der Waals surface area contributed by atoms with Gasteiger partial charge in [0.2, 0.25) is 0 Å². The van der Waals surface area contributed by atoms with Crippen molar-refractivity contribution < 1.29 is 14.4 Å². The summed E-state index contributed by atoms with van der Waals surface area (Å²) in [5.41, 5.74) is 1.56. The molecule has 0 spiro atoms. The Hall–Kier alpha value is -2.37. The fourth-order valence-corrected chi connectivity index (χ4v) is 4.07. The second kappa shape index (κ2) is 7.71. The predicted molar refractivity (Wildman–Crippen MR) is 102 cm³/mol. The summed E-state index contributed by atoms with van der Waals surface area (Å²) in [7, 11) is 0. The molecule has 0 amide bonds. The molecule has 3 rings (SSSR count). The van der Waals surface area contributed by atoms with E-state index in [9.17, 15) is 15.4 Å². The van der Waals surface area contributed by atoms with Crippen LogP contribution in [0.25, 0.3) is 0 Å². The van der Waals surface area contributed by atoms with Gasteiger partial charge in [-0.05, 0) is 33.8 Å². The molecule has 0 N–H and O–H groups in total. The normalized spacial score (nSPS) is 28.7. The molecule has 146 valence electrons. The molecule has 2 heterocycles. The van der Waals surface area contributed by atoms with Gasteiger partial charge in [0.15, 0.2) is 0 Å². The van der Waals surface area contributed by atoms with Crippen LogP contribution in [0.1, 0.15) is 33.3 Å². The van der Waals surface area contributed by atoms with Gasteiger partial charge in [-0.2, -0.15) is 5.26 Å². The molecule has 1 aromatic rings. The standard InChI is InChI=1S/C19H26N4O4/c1-12-8-21(9-13(2)26-12)17-6-18(19(23(24)25)5-16(17)7-20)22-10-14(3)27-15(4)11-22/h5-6,12-15H,8-11H2,1-4H3. The van der Waals surface area contributed by atoms with Crippen molar-refractivity contribution in [2.75, 3.05) is 36.0 Å². The Balaban J connectivity index is 2.06. The van der Waals surface area contributed by atoms with E-state index in [1.807, 2.05) is 32.6 Å². The predicted octanol–water partition coefficient (Wildman–Crippen LogP) is 2.69. The molecule has 0 radical (unpaired) electrons. The van der Waals surface area contributed by atoms with Crippen molar-refractivity contribution in [3.8, 4) is 6.07 Å². The highest BCUT2D eigenvalue weighted by Gasteiger charge is 2.31. The van der Waals surface area contributed by atoms with Crippen molar-refractivity contribution in [3.05, 3.63) is 27.8 Å². The number of benzene rings is 1. The molecule has 2 saturated heterocycles. The Morgan fingerprint density at radius 1 is 0.963 bits per heavy atom. The van der Waals surface area contributed by atoms with Gasteiger partial charge in [-0.25, -0.2) is 0 Å². The van der Waals surface area contributed by atoms with Gasteiger partial charge in [0.1, 0.15) is 11.8 Å². The molecule has 0 aliphatic carbocycles. The average Bonchev–Trinajstić information content (AvgIpc) is 2.58. The lowest BCUT2D eigenvalue weighted by molar-refractivity contribution is -0.384. The second-order valence-electron chi connectivity index (χ2n) is 7.55. The van der Waals surface area contributed by atoms with Crippen LogP contribution in [0.3, 0.4) is 0 Å². The third-order valence-electron chi connectivity index (χ3n) is 4.93. The molecule has 4 unspecified atom stereocenters. The highest BCUT2D eigenvalue weighted by atomic mass is 16.6. The van der Waals surface area contributed by atoms with Gasteiger partial charge in [-0.1, -0.05) is 0 Å². The first-order valence-electron chi connectivity index (χ1n) is 9.31. The van der Waals surface area contributed by atoms with Gasteiger partial charge in [-0.15, -0.1) is 0 Å². The summed E-state index contributed by atoms with van der Waals surface area (Å²) in [6.45, 7) is 10.4. The molecule has 2 fully saturated rings.